The largest absolute Gasteiger partial charge is 0.381 e. The fraction of sp³-hybridized carbons (Fsp3) is 0.545. The number of anilines is 2. The number of nitrogen functional groups attached to an aromatic ring is 1. The number of carbonyl (C=O) groups excluding carboxylic acids is 1. The molecule has 0 aromatic carbocycles. The van der Waals surface area contributed by atoms with Gasteiger partial charge in [-0.2, -0.15) is 0 Å². The van der Waals surface area contributed by atoms with Crippen molar-refractivity contribution < 1.29 is 4.79 Å². The van der Waals surface area contributed by atoms with Crippen molar-refractivity contribution >= 4 is 17.5 Å². The molecule has 0 aliphatic rings. The van der Waals surface area contributed by atoms with Crippen LogP contribution in [0.25, 0.3) is 0 Å². The lowest BCUT2D eigenvalue weighted by molar-refractivity contribution is -0.131. The predicted octanol–water partition coefficient (Wildman–Crippen LogP) is 0.728. The number of nitrogens with two attached hydrogens (primary N) is 1. The number of nitrogens with one attached hydrogen (secondary N) is 1. The van der Waals surface area contributed by atoms with Gasteiger partial charge in [-0.25, -0.2) is 9.97 Å². The molecule has 0 saturated carbocycles. The van der Waals surface area contributed by atoms with Crippen molar-refractivity contribution in [2.45, 2.75) is 26.8 Å². The van der Waals surface area contributed by atoms with Gasteiger partial charge >= 0.3 is 0 Å². The second kappa shape index (κ2) is 6.03. The first-order valence-corrected chi connectivity index (χ1v) is 5.71. The molecule has 0 bridgehead atoms. The highest BCUT2D eigenvalue weighted by Crippen LogP contribution is 2.11. The van der Waals surface area contributed by atoms with Crippen LogP contribution in [0.5, 0.6) is 0 Å². The molecule has 94 valence electrons. The number of amides is 1. The van der Waals surface area contributed by atoms with E-state index in [1.54, 1.807) is 11.8 Å². The molecular formula is C11H19N5O. The van der Waals surface area contributed by atoms with Crippen LogP contribution >= 0.6 is 0 Å². The Balaban J connectivity index is 2.69. The average molecular weight is 237 g/mol. The van der Waals surface area contributed by atoms with Gasteiger partial charge in [-0.1, -0.05) is 0 Å². The zero-order valence-corrected chi connectivity index (χ0v) is 10.5. The van der Waals surface area contributed by atoms with Crippen LogP contribution in [0.3, 0.4) is 0 Å². The van der Waals surface area contributed by atoms with E-state index in [2.05, 4.69) is 15.3 Å². The maximum Gasteiger partial charge on any atom is 0.244 e. The van der Waals surface area contributed by atoms with Crippen LogP contribution in [0.15, 0.2) is 12.4 Å². The molecule has 0 spiro atoms. The van der Waals surface area contributed by atoms with Gasteiger partial charge in [0, 0.05) is 25.5 Å². The lowest BCUT2D eigenvalue weighted by Gasteiger charge is -2.23. The Labute approximate surface area is 101 Å². The van der Waals surface area contributed by atoms with E-state index >= 15 is 0 Å². The molecule has 1 heterocycles. The summed E-state index contributed by atoms with van der Waals surface area (Å²) in [6.45, 7) is 7.07. The Morgan fingerprint density at radius 2 is 2.00 bits per heavy atom. The Bertz CT molecular complexity index is 378. The summed E-state index contributed by atoms with van der Waals surface area (Å²) in [6.07, 6.45) is 3.05. The predicted molar refractivity (Wildman–Crippen MR) is 67.5 cm³/mol. The van der Waals surface area contributed by atoms with Gasteiger partial charge in [0.05, 0.1) is 0 Å². The third-order valence-electron chi connectivity index (χ3n) is 2.53. The van der Waals surface area contributed by atoms with E-state index in [0.717, 1.165) is 0 Å². The minimum Gasteiger partial charge on any atom is -0.381 e. The highest BCUT2D eigenvalue weighted by atomic mass is 16.2. The number of carbonyl (C=O) groups is 1. The van der Waals surface area contributed by atoms with E-state index in [9.17, 15) is 4.79 Å². The van der Waals surface area contributed by atoms with Gasteiger partial charge in [0.2, 0.25) is 5.91 Å². The van der Waals surface area contributed by atoms with Crippen LogP contribution in [-0.4, -0.2) is 39.9 Å². The molecule has 1 unspecified atom stereocenters. The summed E-state index contributed by atoms with van der Waals surface area (Å²) in [5, 5.41) is 2.97. The summed E-state index contributed by atoms with van der Waals surface area (Å²) in [7, 11) is 0. The molecular weight excluding hydrogens is 218 g/mol. The molecule has 1 atom stereocenters. The molecule has 3 N–H and O–H groups in total. The highest BCUT2D eigenvalue weighted by molar-refractivity contribution is 5.84. The van der Waals surface area contributed by atoms with Crippen LogP contribution in [-0.2, 0) is 4.79 Å². The van der Waals surface area contributed by atoms with Gasteiger partial charge in [-0.05, 0) is 20.8 Å². The van der Waals surface area contributed by atoms with Crippen molar-refractivity contribution in [2.75, 3.05) is 24.1 Å². The van der Waals surface area contributed by atoms with Crippen LogP contribution in [0.4, 0.5) is 11.6 Å². The second-order valence-electron chi connectivity index (χ2n) is 3.67. The molecule has 17 heavy (non-hydrogen) atoms. The SMILES string of the molecule is CCN(CC)C(=O)C(C)Nc1nccnc1N. The molecule has 6 heteroatoms. The van der Waals surface area contributed by atoms with Crippen LogP contribution in [0.2, 0.25) is 0 Å². The molecule has 6 nitrogen and oxygen atoms in total. The summed E-state index contributed by atoms with van der Waals surface area (Å²) in [5.41, 5.74) is 5.65. The molecule has 0 radical (unpaired) electrons. The van der Waals surface area contributed by atoms with Gasteiger partial charge in [-0.3, -0.25) is 4.79 Å². The third-order valence-corrected chi connectivity index (χ3v) is 2.53. The zero-order valence-electron chi connectivity index (χ0n) is 10.5. The Kier molecular flexibility index (Phi) is 4.68. The van der Waals surface area contributed by atoms with E-state index in [1.165, 1.54) is 12.4 Å². The molecule has 1 aromatic rings. The van der Waals surface area contributed by atoms with E-state index in [0.29, 0.717) is 24.7 Å². The molecule has 1 aromatic heterocycles. The Hall–Kier alpha value is -1.85. The number of nitrogens with zero attached hydrogens (tertiary/aromatic N) is 3. The average Bonchev–Trinajstić information content (AvgIpc) is 2.33. The number of likely N-dealkylation sites (N-methyl/N-ethyl adjacent to an activating group) is 1. The summed E-state index contributed by atoms with van der Waals surface area (Å²) in [6, 6.07) is -0.367. The lowest BCUT2D eigenvalue weighted by atomic mass is 10.2. The van der Waals surface area contributed by atoms with Gasteiger partial charge in [0.1, 0.15) is 6.04 Å². The first-order chi connectivity index (χ1) is 8.10. The molecule has 0 aliphatic carbocycles. The molecule has 0 fully saturated rings. The lowest BCUT2D eigenvalue weighted by Crippen LogP contribution is -2.41. The third kappa shape index (κ3) is 3.30. The van der Waals surface area contributed by atoms with Gasteiger partial charge in [-0.15, -0.1) is 0 Å². The van der Waals surface area contributed by atoms with Crippen molar-refractivity contribution in [3.63, 3.8) is 0 Å². The van der Waals surface area contributed by atoms with E-state index in [-0.39, 0.29) is 11.9 Å². The quantitative estimate of drug-likeness (QED) is 0.788. The van der Waals surface area contributed by atoms with Crippen molar-refractivity contribution in [3.05, 3.63) is 12.4 Å². The number of hydrogen-bond acceptors (Lipinski definition) is 5. The molecule has 1 amide bonds. The second-order valence-corrected chi connectivity index (χ2v) is 3.67. The Morgan fingerprint density at radius 1 is 1.41 bits per heavy atom. The number of hydrogen-bond donors (Lipinski definition) is 2. The van der Waals surface area contributed by atoms with Crippen LogP contribution in [0, 0.1) is 0 Å². The Morgan fingerprint density at radius 3 is 2.53 bits per heavy atom. The molecule has 0 aliphatic heterocycles. The minimum absolute atomic E-state index is 0.0278. The van der Waals surface area contributed by atoms with Crippen molar-refractivity contribution in [1.82, 2.24) is 14.9 Å². The number of aromatic nitrogens is 2. The fourth-order valence-corrected chi connectivity index (χ4v) is 1.54. The number of rotatable bonds is 5. The smallest absolute Gasteiger partial charge is 0.244 e. The monoisotopic (exact) mass is 237 g/mol. The maximum absolute atomic E-state index is 12.0. The standard InChI is InChI=1S/C11H19N5O/c1-4-16(5-2)11(17)8(3)15-10-9(12)13-6-7-14-10/h6-8H,4-5H2,1-3H3,(H2,12,13)(H,14,15). The first-order valence-electron chi connectivity index (χ1n) is 5.71. The van der Waals surface area contributed by atoms with E-state index < -0.39 is 0 Å². The highest BCUT2D eigenvalue weighted by Gasteiger charge is 2.18. The summed E-state index contributed by atoms with van der Waals surface area (Å²) in [4.78, 5) is 21.7. The minimum atomic E-state index is -0.367. The maximum atomic E-state index is 12.0. The van der Waals surface area contributed by atoms with Crippen molar-refractivity contribution in [1.29, 1.82) is 0 Å². The molecule has 0 saturated heterocycles. The summed E-state index contributed by atoms with van der Waals surface area (Å²) >= 11 is 0. The van der Waals surface area contributed by atoms with Gasteiger partial charge in [0.15, 0.2) is 11.6 Å². The van der Waals surface area contributed by atoms with Crippen LogP contribution in [0.1, 0.15) is 20.8 Å². The zero-order chi connectivity index (χ0) is 12.8. The van der Waals surface area contributed by atoms with Crippen LogP contribution < -0.4 is 11.1 Å². The molecule has 1 rings (SSSR count). The van der Waals surface area contributed by atoms with Gasteiger partial charge in [0.25, 0.3) is 0 Å². The van der Waals surface area contributed by atoms with Crippen molar-refractivity contribution in [3.8, 4) is 0 Å². The fourth-order valence-electron chi connectivity index (χ4n) is 1.54. The van der Waals surface area contributed by atoms with E-state index in [1.807, 2.05) is 13.8 Å². The van der Waals surface area contributed by atoms with E-state index in [4.69, 9.17) is 5.73 Å². The first kappa shape index (κ1) is 13.2. The summed E-state index contributed by atoms with van der Waals surface area (Å²) in [5.74, 6) is 0.771. The topological polar surface area (TPSA) is 84.1 Å². The van der Waals surface area contributed by atoms with Crippen molar-refractivity contribution in [2.24, 2.45) is 0 Å². The normalized spacial score (nSPS) is 11.9. The van der Waals surface area contributed by atoms with Gasteiger partial charge < -0.3 is 16.0 Å². The summed E-state index contributed by atoms with van der Waals surface area (Å²) < 4.78 is 0.